The van der Waals surface area contributed by atoms with Crippen LogP contribution in [0.25, 0.3) is 22.2 Å². The number of morpholine rings is 1. The average Bonchev–Trinajstić information content (AvgIpc) is 3.05. The number of ether oxygens (including phenoxy) is 1. The lowest BCUT2D eigenvalue weighted by molar-refractivity contribution is 0.0734. The largest absolute Gasteiger partial charge is 0.378 e. The summed E-state index contributed by atoms with van der Waals surface area (Å²) in [6.07, 6.45) is 0. The highest BCUT2D eigenvalue weighted by Crippen LogP contribution is 2.28. The van der Waals surface area contributed by atoms with Crippen LogP contribution < -0.4 is 5.32 Å². The van der Waals surface area contributed by atoms with Crippen LogP contribution in [0.5, 0.6) is 0 Å². The predicted octanol–water partition coefficient (Wildman–Crippen LogP) is 2.97. The molecule has 0 saturated carbocycles. The monoisotopic (exact) mass is 317 g/mol. The van der Waals surface area contributed by atoms with E-state index in [0.717, 1.165) is 29.5 Å². The standard InChI is InChI=1S/C16H15N3O2.ClH/c1-2-6-12-11(4-1)5-3-7-13(12)16-18-15(19-21-16)14-10-20-9-8-17-14;/h1-7,14,17H,8-10H2;1H. The maximum absolute atomic E-state index is 5.46. The number of rotatable bonds is 2. The number of hydrogen-bond donors (Lipinski definition) is 1. The van der Waals surface area contributed by atoms with Crippen LogP contribution in [0.15, 0.2) is 47.0 Å². The average molecular weight is 318 g/mol. The van der Waals surface area contributed by atoms with Gasteiger partial charge in [0.05, 0.1) is 19.3 Å². The molecule has 1 fully saturated rings. The Bertz CT molecular complexity index is 763. The molecule has 6 heteroatoms. The first-order valence-electron chi connectivity index (χ1n) is 7.05. The molecule has 1 aliphatic heterocycles. The fourth-order valence-corrected chi connectivity index (χ4v) is 2.63. The van der Waals surface area contributed by atoms with Gasteiger partial charge in [-0.1, -0.05) is 41.6 Å². The SMILES string of the molecule is Cl.c1ccc2c(-c3nc(C4COCCN4)no3)cccc2c1. The molecule has 1 aliphatic rings. The summed E-state index contributed by atoms with van der Waals surface area (Å²) in [7, 11) is 0. The van der Waals surface area contributed by atoms with Gasteiger partial charge in [-0.3, -0.25) is 0 Å². The molecule has 1 atom stereocenters. The molecule has 5 nitrogen and oxygen atoms in total. The van der Waals surface area contributed by atoms with Gasteiger partial charge in [-0.05, 0) is 16.8 Å². The normalized spacial score (nSPS) is 18.1. The van der Waals surface area contributed by atoms with Gasteiger partial charge in [0.25, 0.3) is 5.89 Å². The lowest BCUT2D eigenvalue weighted by Gasteiger charge is -2.20. The second-order valence-electron chi connectivity index (χ2n) is 5.07. The first kappa shape index (κ1) is 15.0. The molecule has 2 heterocycles. The minimum absolute atomic E-state index is 0. The summed E-state index contributed by atoms with van der Waals surface area (Å²) in [6.45, 7) is 2.11. The highest BCUT2D eigenvalue weighted by molar-refractivity contribution is 5.94. The first-order chi connectivity index (χ1) is 10.4. The molecule has 0 aliphatic carbocycles. The maximum atomic E-state index is 5.46. The molecule has 0 bridgehead atoms. The van der Waals surface area contributed by atoms with Crippen LogP contribution in [0, 0.1) is 0 Å². The van der Waals surface area contributed by atoms with E-state index in [-0.39, 0.29) is 18.4 Å². The van der Waals surface area contributed by atoms with E-state index in [1.807, 2.05) is 24.3 Å². The number of nitrogens with one attached hydrogen (secondary N) is 1. The van der Waals surface area contributed by atoms with Crippen molar-refractivity contribution in [2.24, 2.45) is 0 Å². The molecule has 0 spiro atoms. The molecule has 1 N–H and O–H groups in total. The fraction of sp³-hybridized carbons (Fsp3) is 0.250. The van der Waals surface area contributed by atoms with Crippen LogP contribution >= 0.6 is 12.4 Å². The number of halogens is 1. The molecule has 1 saturated heterocycles. The van der Waals surface area contributed by atoms with Crippen molar-refractivity contribution in [3.63, 3.8) is 0 Å². The molecular weight excluding hydrogens is 302 g/mol. The Morgan fingerprint density at radius 1 is 1.09 bits per heavy atom. The summed E-state index contributed by atoms with van der Waals surface area (Å²) in [4.78, 5) is 4.53. The van der Waals surface area contributed by atoms with Gasteiger partial charge in [-0.15, -0.1) is 12.4 Å². The Balaban J connectivity index is 0.00000144. The minimum Gasteiger partial charge on any atom is -0.378 e. The zero-order valence-electron chi connectivity index (χ0n) is 11.9. The molecule has 3 aromatic rings. The van der Waals surface area contributed by atoms with Crippen LogP contribution in [0.4, 0.5) is 0 Å². The quantitative estimate of drug-likeness (QED) is 0.787. The zero-order valence-corrected chi connectivity index (χ0v) is 12.7. The third kappa shape index (κ3) is 2.70. The Morgan fingerprint density at radius 3 is 2.82 bits per heavy atom. The summed E-state index contributed by atoms with van der Waals surface area (Å²) in [5, 5.41) is 9.70. The van der Waals surface area contributed by atoms with Gasteiger partial charge in [0.2, 0.25) is 0 Å². The molecule has 4 rings (SSSR count). The van der Waals surface area contributed by atoms with Crippen molar-refractivity contribution in [1.29, 1.82) is 0 Å². The van der Waals surface area contributed by atoms with Crippen molar-refractivity contribution in [1.82, 2.24) is 15.5 Å². The van der Waals surface area contributed by atoms with E-state index in [9.17, 15) is 0 Å². The highest BCUT2D eigenvalue weighted by Gasteiger charge is 2.21. The molecule has 2 aromatic carbocycles. The van der Waals surface area contributed by atoms with Crippen LogP contribution in [0.1, 0.15) is 11.9 Å². The minimum atomic E-state index is 0. The molecule has 22 heavy (non-hydrogen) atoms. The highest BCUT2D eigenvalue weighted by atomic mass is 35.5. The lowest BCUT2D eigenvalue weighted by atomic mass is 10.0. The van der Waals surface area contributed by atoms with Gasteiger partial charge in [-0.25, -0.2) is 0 Å². The number of nitrogens with zero attached hydrogens (tertiary/aromatic N) is 2. The fourth-order valence-electron chi connectivity index (χ4n) is 2.63. The Hall–Kier alpha value is -1.95. The van der Waals surface area contributed by atoms with E-state index < -0.39 is 0 Å². The summed E-state index contributed by atoms with van der Waals surface area (Å²) in [5.41, 5.74) is 0.962. The van der Waals surface area contributed by atoms with Crippen molar-refractivity contribution in [2.75, 3.05) is 19.8 Å². The smallest absolute Gasteiger partial charge is 0.258 e. The van der Waals surface area contributed by atoms with E-state index >= 15 is 0 Å². The third-order valence-corrected chi connectivity index (χ3v) is 3.70. The van der Waals surface area contributed by atoms with E-state index in [0.29, 0.717) is 18.3 Å². The summed E-state index contributed by atoms with van der Waals surface area (Å²) >= 11 is 0. The molecule has 1 unspecified atom stereocenters. The van der Waals surface area contributed by atoms with E-state index in [1.165, 1.54) is 0 Å². The van der Waals surface area contributed by atoms with Crippen LogP contribution in [-0.2, 0) is 4.74 Å². The van der Waals surface area contributed by atoms with Gasteiger partial charge >= 0.3 is 0 Å². The summed E-state index contributed by atoms with van der Waals surface area (Å²) < 4.78 is 10.9. The molecule has 0 radical (unpaired) electrons. The topological polar surface area (TPSA) is 60.2 Å². The Labute approximate surface area is 134 Å². The van der Waals surface area contributed by atoms with Crippen LogP contribution in [0.2, 0.25) is 0 Å². The number of aromatic nitrogens is 2. The molecule has 114 valence electrons. The second kappa shape index (κ2) is 6.44. The van der Waals surface area contributed by atoms with Crippen molar-refractivity contribution >= 4 is 23.2 Å². The molecular formula is C16H16ClN3O2. The maximum Gasteiger partial charge on any atom is 0.258 e. The zero-order chi connectivity index (χ0) is 14.1. The van der Waals surface area contributed by atoms with Gasteiger partial charge in [0.1, 0.15) is 0 Å². The third-order valence-electron chi connectivity index (χ3n) is 3.70. The van der Waals surface area contributed by atoms with Crippen LogP contribution in [0.3, 0.4) is 0 Å². The van der Waals surface area contributed by atoms with E-state index in [4.69, 9.17) is 9.26 Å². The van der Waals surface area contributed by atoms with Crippen molar-refractivity contribution < 1.29 is 9.26 Å². The van der Waals surface area contributed by atoms with E-state index in [1.54, 1.807) is 0 Å². The number of hydrogen-bond acceptors (Lipinski definition) is 5. The number of fused-ring (bicyclic) bond motifs is 1. The second-order valence-corrected chi connectivity index (χ2v) is 5.07. The Morgan fingerprint density at radius 2 is 1.95 bits per heavy atom. The van der Waals surface area contributed by atoms with Crippen molar-refractivity contribution in [2.45, 2.75) is 6.04 Å². The van der Waals surface area contributed by atoms with Crippen molar-refractivity contribution in [3.05, 3.63) is 48.3 Å². The van der Waals surface area contributed by atoms with Gasteiger partial charge in [0, 0.05) is 12.1 Å². The summed E-state index contributed by atoms with van der Waals surface area (Å²) in [6, 6.07) is 14.3. The number of benzene rings is 2. The van der Waals surface area contributed by atoms with Gasteiger partial charge in [-0.2, -0.15) is 4.98 Å². The summed E-state index contributed by atoms with van der Waals surface area (Å²) in [5.74, 6) is 1.20. The molecule has 0 amide bonds. The van der Waals surface area contributed by atoms with Crippen molar-refractivity contribution in [3.8, 4) is 11.5 Å². The van der Waals surface area contributed by atoms with E-state index in [2.05, 4.69) is 33.7 Å². The molecule has 1 aromatic heterocycles. The van der Waals surface area contributed by atoms with Gasteiger partial charge in [0.15, 0.2) is 5.82 Å². The van der Waals surface area contributed by atoms with Gasteiger partial charge < -0.3 is 14.6 Å². The lowest BCUT2D eigenvalue weighted by Crippen LogP contribution is -2.35. The first-order valence-corrected chi connectivity index (χ1v) is 7.05. The predicted molar refractivity (Wildman–Crippen MR) is 86.1 cm³/mol. The Kier molecular flexibility index (Phi) is 4.38. The van der Waals surface area contributed by atoms with Crippen LogP contribution in [-0.4, -0.2) is 29.9 Å².